The zero-order chi connectivity index (χ0) is 10.1. The van der Waals surface area contributed by atoms with Gasteiger partial charge in [0.1, 0.15) is 5.82 Å². The molecule has 1 saturated carbocycles. The predicted octanol–water partition coefficient (Wildman–Crippen LogP) is 2.86. The van der Waals surface area contributed by atoms with E-state index in [4.69, 9.17) is 0 Å². The summed E-state index contributed by atoms with van der Waals surface area (Å²) in [6.45, 7) is 6.43. The van der Waals surface area contributed by atoms with E-state index in [0.29, 0.717) is 5.92 Å². The van der Waals surface area contributed by atoms with Crippen LogP contribution < -0.4 is 0 Å². The molecule has 0 saturated heterocycles. The molecule has 1 aliphatic carbocycles. The van der Waals surface area contributed by atoms with E-state index >= 15 is 0 Å². The Kier molecular flexibility index (Phi) is 2.53. The van der Waals surface area contributed by atoms with E-state index in [1.54, 1.807) is 0 Å². The van der Waals surface area contributed by atoms with Gasteiger partial charge in [0.2, 0.25) is 0 Å². The van der Waals surface area contributed by atoms with Gasteiger partial charge in [0.05, 0.1) is 0 Å². The summed E-state index contributed by atoms with van der Waals surface area (Å²) in [6.07, 6.45) is 3.82. The molecule has 2 heteroatoms. The Balaban J connectivity index is 2.21. The molecule has 0 atom stereocenters. The number of hydrogen-bond acceptors (Lipinski definition) is 2. The maximum Gasteiger partial charge on any atom is 0.129 e. The van der Waals surface area contributed by atoms with E-state index in [1.165, 1.54) is 18.5 Å². The van der Waals surface area contributed by atoms with Gasteiger partial charge in [-0.05, 0) is 37.7 Å². The molecule has 0 amide bonds. The van der Waals surface area contributed by atoms with Crippen LogP contribution >= 0.6 is 0 Å². The summed E-state index contributed by atoms with van der Waals surface area (Å²) in [5.74, 6) is 2.43. The molecule has 0 bridgehead atoms. The molecule has 0 unspecified atom stereocenters. The smallest absolute Gasteiger partial charge is 0.129 e. The Hall–Kier alpha value is -0.920. The van der Waals surface area contributed by atoms with Crippen molar-refractivity contribution in [3.63, 3.8) is 0 Å². The average molecular weight is 190 g/mol. The summed E-state index contributed by atoms with van der Waals surface area (Å²) in [6, 6.07) is 2.10. The van der Waals surface area contributed by atoms with Crippen molar-refractivity contribution in [3.05, 3.63) is 23.3 Å². The van der Waals surface area contributed by atoms with Crippen LogP contribution in [0.25, 0.3) is 0 Å². The number of nitrogens with zero attached hydrogens (tertiary/aromatic N) is 2. The second-order valence-corrected chi connectivity index (χ2v) is 4.65. The van der Waals surface area contributed by atoms with Crippen molar-refractivity contribution in [2.24, 2.45) is 5.92 Å². The van der Waals surface area contributed by atoms with Gasteiger partial charge in [0, 0.05) is 17.8 Å². The Bertz CT molecular complexity index is 327. The normalized spacial score (nSPS) is 16.3. The molecule has 1 aliphatic rings. The van der Waals surface area contributed by atoms with Crippen LogP contribution in [0.1, 0.15) is 49.8 Å². The fourth-order valence-corrected chi connectivity index (χ4v) is 1.62. The Labute approximate surface area is 85.8 Å². The largest absolute Gasteiger partial charge is 0.238 e. The van der Waals surface area contributed by atoms with Gasteiger partial charge in [-0.25, -0.2) is 9.97 Å². The Morgan fingerprint density at radius 3 is 2.64 bits per heavy atom. The van der Waals surface area contributed by atoms with Gasteiger partial charge in [0.15, 0.2) is 0 Å². The third-order valence-electron chi connectivity index (χ3n) is 2.68. The van der Waals surface area contributed by atoms with Gasteiger partial charge in [-0.1, -0.05) is 13.8 Å². The molecule has 1 heterocycles. The molecule has 2 rings (SSSR count). The lowest BCUT2D eigenvalue weighted by Crippen LogP contribution is -2.03. The van der Waals surface area contributed by atoms with E-state index in [2.05, 4.69) is 36.8 Å². The molecule has 1 fully saturated rings. The first kappa shape index (κ1) is 9.63. The highest BCUT2D eigenvalue weighted by Crippen LogP contribution is 2.31. The second-order valence-electron chi connectivity index (χ2n) is 4.65. The Morgan fingerprint density at radius 1 is 1.36 bits per heavy atom. The Morgan fingerprint density at radius 2 is 2.07 bits per heavy atom. The molecule has 76 valence electrons. The van der Waals surface area contributed by atoms with Gasteiger partial charge in [0.25, 0.3) is 0 Å². The standard InChI is InChI=1S/C12H18N2/c1-8(2)11-6-9(3)13-12(14-11)7-10-4-5-10/h6,8,10H,4-5,7H2,1-3H3. The third kappa shape index (κ3) is 2.31. The lowest BCUT2D eigenvalue weighted by molar-refractivity contribution is 0.726. The van der Waals surface area contributed by atoms with Gasteiger partial charge < -0.3 is 0 Å². The lowest BCUT2D eigenvalue weighted by atomic mass is 10.1. The molecule has 0 N–H and O–H groups in total. The van der Waals surface area contributed by atoms with Gasteiger partial charge in [-0.15, -0.1) is 0 Å². The van der Waals surface area contributed by atoms with Crippen LogP contribution in [0.3, 0.4) is 0 Å². The van der Waals surface area contributed by atoms with Crippen molar-refractivity contribution < 1.29 is 0 Å². The molecule has 0 spiro atoms. The van der Waals surface area contributed by atoms with Crippen molar-refractivity contribution in [1.29, 1.82) is 0 Å². The van der Waals surface area contributed by atoms with Crippen molar-refractivity contribution >= 4 is 0 Å². The quantitative estimate of drug-likeness (QED) is 0.732. The highest BCUT2D eigenvalue weighted by atomic mass is 14.9. The summed E-state index contributed by atoms with van der Waals surface area (Å²) in [4.78, 5) is 9.09. The summed E-state index contributed by atoms with van der Waals surface area (Å²) >= 11 is 0. The van der Waals surface area contributed by atoms with Crippen LogP contribution in [0.4, 0.5) is 0 Å². The topological polar surface area (TPSA) is 25.8 Å². The molecule has 2 nitrogen and oxygen atoms in total. The van der Waals surface area contributed by atoms with Crippen LogP contribution in [-0.2, 0) is 6.42 Å². The maximum absolute atomic E-state index is 4.60. The maximum atomic E-state index is 4.60. The second kappa shape index (κ2) is 3.68. The molecule has 14 heavy (non-hydrogen) atoms. The van der Waals surface area contributed by atoms with Crippen LogP contribution in [0.2, 0.25) is 0 Å². The van der Waals surface area contributed by atoms with Crippen molar-refractivity contribution in [2.45, 2.75) is 46.0 Å². The minimum atomic E-state index is 0.509. The summed E-state index contributed by atoms with van der Waals surface area (Å²) < 4.78 is 0. The summed E-state index contributed by atoms with van der Waals surface area (Å²) in [5, 5.41) is 0. The number of hydrogen-bond donors (Lipinski definition) is 0. The highest BCUT2D eigenvalue weighted by Gasteiger charge is 2.23. The van der Waals surface area contributed by atoms with Gasteiger partial charge >= 0.3 is 0 Å². The molecule has 1 aromatic heterocycles. The van der Waals surface area contributed by atoms with Crippen LogP contribution in [0.15, 0.2) is 6.07 Å². The number of aryl methyl sites for hydroxylation is 1. The van der Waals surface area contributed by atoms with Crippen LogP contribution in [0, 0.1) is 12.8 Å². The molecule has 0 aliphatic heterocycles. The zero-order valence-electron chi connectivity index (χ0n) is 9.25. The lowest BCUT2D eigenvalue weighted by Gasteiger charge is -2.07. The van der Waals surface area contributed by atoms with Crippen molar-refractivity contribution in [2.75, 3.05) is 0 Å². The van der Waals surface area contributed by atoms with Crippen molar-refractivity contribution in [1.82, 2.24) is 9.97 Å². The van der Waals surface area contributed by atoms with E-state index in [9.17, 15) is 0 Å². The fourth-order valence-electron chi connectivity index (χ4n) is 1.62. The SMILES string of the molecule is Cc1cc(C(C)C)nc(CC2CC2)n1. The third-order valence-corrected chi connectivity index (χ3v) is 2.68. The molecule has 0 radical (unpaired) electrons. The van der Waals surface area contributed by atoms with Crippen LogP contribution in [-0.4, -0.2) is 9.97 Å². The van der Waals surface area contributed by atoms with Gasteiger partial charge in [-0.2, -0.15) is 0 Å². The van der Waals surface area contributed by atoms with Crippen LogP contribution in [0.5, 0.6) is 0 Å². The number of rotatable bonds is 3. The first-order valence-electron chi connectivity index (χ1n) is 5.49. The molecular weight excluding hydrogens is 172 g/mol. The summed E-state index contributed by atoms with van der Waals surface area (Å²) in [7, 11) is 0. The first-order chi connectivity index (χ1) is 6.65. The van der Waals surface area contributed by atoms with E-state index in [0.717, 1.165) is 23.9 Å². The average Bonchev–Trinajstić information content (AvgIpc) is 2.87. The summed E-state index contributed by atoms with van der Waals surface area (Å²) in [5.41, 5.74) is 2.30. The molecule has 1 aromatic rings. The zero-order valence-corrected chi connectivity index (χ0v) is 9.25. The molecule has 0 aromatic carbocycles. The fraction of sp³-hybridized carbons (Fsp3) is 0.667. The predicted molar refractivity (Wildman–Crippen MR) is 57.3 cm³/mol. The first-order valence-corrected chi connectivity index (χ1v) is 5.49. The van der Waals surface area contributed by atoms with E-state index in [-0.39, 0.29) is 0 Å². The van der Waals surface area contributed by atoms with E-state index in [1.807, 2.05) is 0 Å². The minimum absolute atomic E-state index is 0.509. The monoisotopic (exact) mass is 190 g/mol. The van der Waals surface area contributed by atoms with E-state index < -0.39 is 0 Å². The minimum Gasteiger partial charge on any atom is -0.238 e. The molecular formula is C12H18N2. The van der Waals surface area contributed by atoms with Gasteiger partial charge in [-0.3, -0.25) is 0 Å². The highest BCUT2D eigenvalue weighted by molar-refractivity contribution is 5.13. The van der Waals surface area contributed by atoms with Crippen molar-refractivity contribution in [3.8, 4) is 0 Å². The number of aromatic nitrogens is 2.